The van der Waals surface area contributed by atoms with Gasteiger partial charge >= 0.3 is 7.12 Å². The molecular weight excluding hydrogens is 279 g/mol. The van der Waals surface area contributed by atoms with Crippen LogP contribution in [-0.4, -0.2) is 36.6 Å². The minimum absolute atomic E-state index is 0.382. The molecule has 0 radical (unpaired) electrons. The second-order valence-corrected chi connectivity index (χ2v) is 6.30. The Morgan fingerprint density at radius 2 is 1.86 bits per heavy atom. The van der Waals surface area contributed by atoms with Gasteiger partial charge in [0, 0.05) is 42.3 Å². The van der Waals surface area contributed by atoms with E-state index in [0.717, 1.165) is 11.1 Å². The molecule has 7 heteroatoms. The molecule has 1 aliphatic rings. The maximum absolute atomic E-state index is 6.03. The van der Waals surface area contributed by atoms with Gasteiger partial charge in [0.05, 0.1) is 11.2 Å². The van der Waals surface area contributed by atoms with Crippen LogP contribution in [0.2, 0.25) is 0 Å². The highest BCUT2D eigenvalue weighted by Crippen LogP contribution is 2.36. The predicted octanol–water partition coefficient (Wildman–Crippen LogP) is 0.963. The lowest BCUT2D eigenvalue weighted by Crippen LogP contribution is -2.41. The molecule has 2 rings (SSSR count). The maximum Gasteiger partial charge on any atom is 0.498 e. The summed E-state index contributed by atoms with van der Waals surface area (Å²) in [5.74, 6) is 0.382. The van der Waals surface area contributed by atoms with Gasteiger partial charge in [0.1, 0.15) is 5.82 Å². The molecule has 0 unspecified atom stereocenters. The summed E-state index contributed by atoms with van der Waals surface area (Å²) < 4.78 is 12.1. The Hall–Kier alpha value is -1.86. The number of nitrogens with zero attached hydrogens (tertiary/aromatic N) is 2. The minimum atomic E-state index is -0.560. The van der Waals surface area contributed by atoms with Crippen LogP contribution in [0.25, 0.3) is 5.57 Å². The smallest absolute Gasteiger partial charge is 0.404 e. The standard InChI is InChI=1S/C15H23BN4O2/c1-14(2)15(3,4)22-16(21-14)12-6-10(9-20-13(12)18)11(7-17)8-19-5/h6-9H,17H2,1-5H3,(H2,18,20). The molecule has 1 fully saturated rings. The Bertz CT molecular complexity index is 610. The lowest BCUT2D eigenvalue weighted by molar-refractivity contribution is 0.00578. The van der Waals surface area contributed by atoms with Crippen LogP contribution in [-0.2, 0) is 9.31 Å². The van der Waals surface area contributed by atoms with Crippen molar-refractivity contribution in [1.29, 1.82) is 0 Å². The molecular formula is C15H23BN4O2. The highest BCUT2D eigenvalue weighted by Gasteiger charge is 2.52. The molecule has 1 aromatic heterocycles. The van der Waals surface area contributed by atoms with Crippen LogP contribution in [0, 0.1) is 0 Å². The van der Waals surface area contributed by atoms with Gasteiger partial charge in [-0.15, -0.1) is 0 Å². The van der Waals surface area contributed by atoms with Crippen LogP contribution in [0.3, 0.4) is 0 Å². The molecule has 1 aliphatic heterocycles. The van der Waals surface area contributed by atoms with Crippen molar-refractivity contribution in [2.24, 2.45) is 10.7 Å². The molecule has 0 atom stereocenters. The summed E-state index contributed by atoms with van der Waals surface area (Å²) >= 11 is 0. The second kappa shape index (κ2) is 5.74. The molecule has 0 spiro atoms. The lowest BCUT2D eigenvalue weighted by atomic mass is 9.78. The summed E-state index contributed by atoms with van der Waals surface area (Å²) in [6, 6.07) is 1.88. The van der Waals surface area contributed by atoms with Crippen molar-refractivity contribution in [2.75, 3.05) is 12.8 Å². The number of nitrogens with two attached hydrogens (primary N) is 2. The van der Waals surface area contributed by atoms with E-state index in [2.05, 4.69) is 9.98 Å². The number of allylic oxidation sites excluding steroid dienone is 1. The quantitative estimate of drug-likeness (QED) is 0.640. The first kappa shape index (κ1) is 16.5. The predicted molar refractivity (Wildman–Crippen MR) is 90.9 cm³/mol. The van der Waals surface area contributed by atoms with E-state index < -0.39 is 18.3 Å². The zero-order valence-corrected chi connectivity index (χ0v) is 13.8. The van der Waals surface area contributed by atoms with Gasteiger partial charge in [0.15, 0.2) is 0 Å². The van der Waals surface area contributed by atoms with Crippen LogP contribution in [0.5, 0.6) is 0 Å². The maximum atomic E-state index is 6.03. The monoisotopic (exact) mass is 302 g/mol. The number of aromatic nitrogens is 1. The van der Waals surface area contributed by atoms with E-state index in [1.54, 1.807) is 19.5 Å². The molecule has 22 heavy (non-hydrogen) atoms. The average Bonchev–Trinajstić information content (AvgIpc) is 2.65. The molecule has 0 aliphatic carbocycles. The van der Waals surface area contributed by atoms with E-state index in [1.165, 1.54) is 6.20 Å². The third kappa shape index (κ3) is 2.87. The number of rotatable bonds is 3. The SMILES string of the molecule is CN=CC(=CN)c1cnc(N)c(B2OC(C)(C)C(C)(C)O2)c1. The van der Waals surface area contributed by atoms with E-state index in [0.29, 0.717) is 11.3 Å². The van der Waals surface area contributed by atoms with Crippen LogP contribution in [0.1, 0.15) is 33.3 Å². The number of anilines is 1. The normalized spacial score (nSPS) is 20.8. The molecule has 2 heterocycles. The van der Waals surface area contributed by atoms with Gasteiger partial charge in [-0.2, -0.15) is 0 Å². The van der Waals surface area contributed by atoms with E-state index in [1.807, 2.05) is 33.8 Å². The Labute approximate surface area is 131 Å². The van der Waals surface area contributed by atoms with Gasteiger partial charge < -0.3 is 20.8 Å². The molecule has 6 nitrogen and oxygen atoms in total. The fourth-order valence-electron chi connectivity index (χ4n) is 2.16. The van der Waals surface area contributed by atoms with Gasteiger partial charge in [-0.1, -0.05) is 0 Å². The lowest BCUT2D eigenvalue weighted by Gasteiger charge is -2.32. The van der Waals surface area contributed by atoms with E-state index >= 15 is 0 Å². The summed E-state index contributed by atoms with van der Waals surface area (Å²) in [4.78, 5) is 8.21. The molecule has 4 N–H and O–H groups in total. The largest absolute Gasteiger partial charge is 0.498 e. The van der Waals surface area contributed by atoms with Crippen LogP contribution < -0.4 is 16.9 Å². The van der Waals surface area contributed by atoms with Crippen molar-refractivity contribution >= 4 is 30.2 Å². The molecule has 1 aromatic rings. The van der Waals surface area contributed by atoms with E-state index in [-0.39, 0.29) is 0 Å². The summed E-state index contributed by atoms with van der Waals surface area (Å²) in [6.45, 7) is 7.98. The first-order valence-corrected chi connectivity index (χ1v) is 7.17. The number of pyridine rings is 1. The first-order valence-electron chi connectivity index (χ1n) is 7.17. The molecule has 118 valence electrons. The summed E-state index contributed by atoms with van der Waals surface area (Å²) in [5, 5.41) is 0. The number of aliphatic imine (C=N–C) groups is 1. The minimum Gasteiger partial charge on any atom is -0.404 e. The molecule has 0 saturated carbocycles. The van der Waals surface area contributed by atoms with E-state index in [9.17, 15) is 0 Å². The van der Waals surface area contributed by atoms with Crippen LogP contribution >= 0.6 is 0 Å². The summed E-state index contributed by atoms with van der Waals surface area (Å²) in [6.07, 6.45) is 4.81. The Balaban J connectivity index is 2.41. The summed E-state index contributed by atoms with van der Waals surface area (Å²) in [7, 11) is 1.12. The van der Waals surface area contributed by atoms with Crippen molar-refractivity contribution in [3.63, 3.8) is 0 Å². The van der Waals surface area contributed by atoms with Crippen molar-refractivity contribution < 1.29 is 9.31 Å². The number of hydrogen-bond donors (Lipinski definition) is 2. The topological polar surface area (TPSA) is 95.8 Å². The Morgan fingerprint density at radius 3 is 2.36 bits per heavy atom. The van der Waals surface area contributed by atoms with Crippen molar-refractivity contribution in [2.45, 2.75) is 38.9 Å². The third-order valence-electron chi connectivity index (χ3n) is 4.24. The first-order chi connectivity index (χ1) is 10.2. The van der Waals surface area contributed by atoms with Crippen molar-refractivity contribution in [3.05, 3.63) is 24.0 Å². The van der Waals surface area contributed by atoms with E-state index in [4.69, 9.17) is 20.8 Å². The van der Waals surface area contributed by atoms with Gasteiger partial charge in [-0.25, -0.2) is 4.98 Å². The zero-order chi connectivity index (χ0) is 16.5. The zero-order valence-electron chi connectivity index (χ0n) is 13.8. The highest BCUT2D eigenvalue weighted by molar-refractivity contribution is 6.63. The van der Waals surface area contributed by atoms with Gasteiger partial charge in [0.25, 0.3) is 0 Å². The summed E-state index contributed by atoms with van der Waals surface area (Å²) in [5.41, 5.74) is 13.0. The van der Waals surface area contributed by atoms with Gasteiger partial charge in [-0.3, -0.25) is 4.99 Å². The Morgan fingerprint density at radius 1 is 1.27 bits per heavy atom. The molecule has 0 amide bonds. The van der Waals surface area contributed by atoms with Gasteiger partial charge in [-0.05, 0) is 33.8 Å². The van der Waals surface area contributed by atoms with Crippen LogP contribution in [0.15, 0.2) is 23.5 Å². The second-order valence-electron chi connectivity index (χ2n) is 6.30. The van der Waals surface area contributed by atoms with Crippen LogP contribution in [0.4, 0.5) is 5.82 Å². The fraction of sp³-hybridized carbons (Fsp3) is 0.467. The van der Waals surface area contributed by atoms with Crippen molar-refractivity contribution in [3.8, 4) is 0 Å². The molecule has 0 bridgehead atoms. The molecule has 1 saturated heterocycles. The average molecular weight is 302 g/mol. The Kier molecular flexibility index (Phi) is 4.31. The number of nitrogen functional groups attached to an aromatic ring is 1. The number of hydrogen-bond acceptors (Lipinski definition) is 6. The highest BCUT2D eigenvalue weighted by atomic mass is 16.7. The van der Waals surface area contributed by atoms with Gasteiger partial charge in [0.2, 0.25) is 0 Å². The van der Waals surface area contributed by atoms with Crippen molar-refractivity contribution in [1.82, 2.24) is 4.98 Å². The molecule has 0 aromatic carbocycles. The third-order valence-corrected chi connectivity index (χ3v) is 4.24. The fourth-order valence-corrected chi connectivity index (χ4v) is 2.16.